The lowest BCUT2D eigenvalue weighted by Crippen LogP contribution is -2.33. The average Bonchev–Trinajstić information content (AvgIpc) is 2.39. The molecule has 0 aliphatic heterocycles. The molecule has 2 rings (SSSR count). The van der Waals surface area contributed by atoms with Crippen LogP contribution in [0.4, 0.5) is 11.4 Å². The maximum atomic E-state index is 10.3. The Kier molecular flexibility index (Phi) is 3.54. The van der Waals surface area contributed by atoms with Crippen molar-refractivity contribution in [2.45, 2.75) is 38.1 Å². The first-order valence-corrected chi connectivity index (χ1v) is 5.97. The second-order valence-corrected chi connectivity index (χ2v) is 4.51. The van der Waals surface area contributed by atoms with E-state index < -0.39 is 0 Å². The van der Waals surface area contributed by atoms with Gasteiger partial charge in [0.25, 0.3) is 0 Å². The molecule has 86 valence electrons. The molecule has 1 saturated carbocycles. The van der Waals surface area contributed by atoms with Crippen LogP contribution in [0.1, 0.15) is 32.1 Å². The number of nitroso groups, excluding NO2 is 1. The Bertz CT molecular complexity index is 341. The molecule has 1 fully saturated rings. The number of hydrogen-bond donors (Lipinski definition) is 0. The van der Waals surface area contributed by atoms with E-state index in [1.54, 1.807) is 12.1 Å². The van der Waals surface area contributed by atoms with Gasteiger partial charge in [-0.1, -0.05) is 19.3 Å². The minimum atomic E-state index is 0.501. The van der Waals surface area contributed by atoms with Crippen LogP contribution in [-0.2, 0) is 0 Å². The molecule has 3 heteroatoms. The summed E-state index contributed by atoms with van der Waals surface area (Å²) in [6.07, 6.45) is 6.61. The number of hydrogen-bond acceptors (Lipinski definition) is 3. The van der Waals surface area contributed by atoms with Gasteiger partial charge < -0.3 is 4.90 Å². The molecule has 0 saturated heterocycles. The summed E-state index contributed by atoms with van der Waals surface area (Å²) in [7, 11) is 2.14. The van der Waals surface area contributed by atoms with Crippen LogP contribution in [0.5, 0.6) is 0 Å². The molecule has 1 aromatic carbocycles. The van der Waals surface area contributed by atoms with Gasteiger partial charge in [0.2, 0.25) is 0 Å². The Morgan fingerprint density at radius 1 is 1.12 bits per heavy atom. The fraction of sp³-hybridized carbons (Fsp3) is 0.538. The maximum absolute atomic E-state index is 10.3. The van der Waals surface area contributed by atoms with E-state index in [0.29, 0.717) is 11.7 Å². The van der Waals surface area contributed by atoms with Gasteiger partial charge in [-0.3, -0.25) is 0 Å². The van der Waals surface area contributed by atoms with Crippen molar-refractivity contribution in [3.05, 3.63) is 29.2 Å². The topological polar surface area (TPSA) is 32.7 Å². The van der Waals surface area contributed by atoms with Crippen LogP contribution < -0.4 is 4.90 Å². The lowest BCUT2D eigenvalue weighted by Gasteiger charge is -2.32. The van der Waals surface area contributed by atoms with Gasteiger partial charge in [0.05, 0.1) is 0 Å². The van der Waals surface area contributed by atoms with Gasteiger partial charge >= 0.3 is 0 Å². The van der Waals surface area contributed by atoms with Crippen molar-refractivity contribution >= 4 is 11.4 Å². The Labute approximate surface area is 96.4 Å². The number of benzene rings is 1. The van der Waals surface area contributed by atoms with E-state index in [4.69, 9.17) is 0 Å². The molecule has 0 amide bonds. The zero-order chi connectivity index (χ0) is 11.4. The van der Waals surface area contributed by atoms with Gasteiger partial charge in [-0.05, 0) is 42.3 Å². The summed E-state index contributed by atoms with van der Waals surface area (Å²) in [5.74, 6) is 0. The van der Waals surface area contributed by atoms with Crippen molar-refractivity contribution in [3.8, 4) is 0 Å². The van der Waals surface area contributed by atoms with Crippen LogP contribution in [0.2, 0.25) is 0 Å². The van der Waals surface area contributed by atoms with E-state index in [-0.39, 0.29) is 0 Å². The molecule has 0 spiro atoms. The van der Waals surface area contributed by atoms with E-state index in [0.717, 1.165) is 0 Å². The average molecular weight is 218 g/mol. The van der Waals surface area contributed by atoms with E-state index in [2.05, 4.69) is 17.1 Å². The summed E-state index contributed by atoms with van der Waals surface area (Å²) < 4.78 is 0. The second kappa shape index (κ2) is 5.10. The van der Waals surface area contributed by atoms with Crippen LogP contribution in [0.3, 0.4) is 0 Å². The zero-order valence-corrected chi connectivity index (χ0v) is 9.72. The molecule has 0 radical (unpaired) electrons. The first kappa shape index (κ1) is 11.1. The molecule has 0 heterocycles. The Morgan fingerprint density at radius 2 is 1.75 bits per heavy atom. The predicted octanol–water partition coefficient (Wildman–Crippen LogP) is 3.85. The van der Waals surface area contributed by atoms with Crippen molar-refractivity contribution < 1.29 is 0 Å². The van der Waals surface area contributed by atoms with Gasteiger partial charge in [-0.25, -0.2) is 0 Å². The number of nitrogens with zero attached hydrogens (tertiary/aromatic N) is 2. The largest absolute Gasteiger partial charge is 0.372 e. The highest BCUT2D eigenvalue weighted by Crippen LogP contribution is 2.27. The van der Waals surface area contributed by atoms with Gasteiger partial charge in [0.1, 0.15) is 5.69 Å². The molecule has 0 unspecified atom stereocenters. The summed E-state index contributed by atoms with van der Waals surface area (Å²) in [5, 5.41) is 2.92. The van der Waals surface area contributed by atoms with Gasteiger partial charge in [-0.2, -0.15) is 0 Å². The fourth-order valence-electron chi connectivity index (χ4n) is 2.43. The van der Waals surface area contributed by atoms with Crippen molar-refractivity contribution in [2.75, 3.05) is 11.9 Å². The number of anilines is 1. The third-order valence-corrected chi connectivity index (χ3v) is 3.48. The molecule has 0 aromatic heterocycles. The van der Waals surface area contributed by atoms with E-state index in [9.17, 15) is 4.91 Å². The lowest BCUT2D eigenvalue weighted by atomic mass is 9.94. The Balaban J connectivity index is 2.06. The first-order valence-electron chi connectivity index (χ1n) is 5.97. The highest BCUT2D eigenvalue weighted by molar-refractivity contribution is 5.52. The minimum Gasteiger partial charge on any atom is -0.372 e. The van der Waals surface area contributed by atoms with Gasteiger partial charge in [0.15, 0.2) is 0 Å². The summed E-state index contributed by atoms with van der Waals surface area (Å²) in [6, 6.07) is 8.17. The van der Waals surface area contributed by atoms with Crippen molar-refractivity contribution in [2.24, 2.45) is 5.18 Å². The summed E-state index contributed by atoms with van der Waals surface area (Å²) in [6.45, 7) is 0. The summed E-state index contributed by atoms with van der Waals surface area (Å²) >= 11 is 0. The Morgan fingerprint density at radius 3 is 2.31 bits per heavy atom. The van der Waals surface area contributed by atoms with E-state index in [1.807, 2.05) is 12.1 Å². The molecular formula is C13H18N2O. The molecule has 1 aliphatic rings. The van der Waals surface area contributed by atoms with Crippen LogP contribution in [0.25, 0.3) is 0 Å². The first-order chi connectivity index (χ1) is 7.81. The molecule has 1 aromatic rings. The SMILES string of the molecule is CN(c1ccc(N=O)cc1)C1CCCCC1. The fourth-order valence-corrected chi connectivity index (χ4v) is 2.43. The standard InChI is InChI=1S/C13H18N2O/c1-15(12-5-3-2-4-6-12)13-9-7-11(14-16)8-10-13/h7-10,12H,2-6H2,1H3. The molecule has 16 heavy (non-hydrogen) atoms. The smallest absolute Gasteiger partial charge is 0.108 e. The maximum Gasteiger partial charge on any atom is 0.108 e. The van der Waals surface area contributed by atoms with Crippen LogP contribution in [0.15, 0.2) is 29.4 Å². The molecular weight excluding hydrogens is 200 g/mol. The summed E-state index contributed by atoms with van der Waals surface area (Å²) in [5.41, 5.74) is 1.68. The molecule has 3 nitrogen and oxygen atoms in total. The van der Waals surface area contributed by atoms with Gasteiger partial charge in [-0.15, -0.1) is 4.91 Å². The third kappa shape index (κ3) is 2.40. The van der Waals surface area contributed by atoms with Crippen molar-refractivity contribution in [1.82, 2.24) is 0 Å². The predicted molar refractivity (Wildman–Crippen MR) is 67.2 cm³/mol. The van der Waals surface area contributed by atoms with E-state index >= 15 is 0 Å². The summed E-state index contributed by atoms with van der Waals surface area (Å²) in [4.78, 5) is 12.7. The Hall–Kier alpha value is -1.38. The van der Waals surface area contributed by atoms with Crippen LogP contribution >= 0.6 is 0 Å². The molecule has 0 bridgehead atoms. The normalized spacial score (nSPS) is 17.1. The molecule has 0 atom stereocenters. The van der Waals surface area contributed by atoms with Gasteiger partial charge in [0, 0.05) is 18.8 Å². The molecule has 1 aliphatic carbocycles. The zero-order valence-electron chi connectivity index (χ0n) is 9.72. The highest BCUT2D eigenvalue weighted by atomic mass is 16.3. The highest BCUT2D eigenvalue weighted by Gasteiger charge is 2.18. The number of rotatable bonds is 3. The van der Waals surface area contributed by atoms with Crippen molar-refractivity contribution in [1.29, 1.82) is 0 Å². The quantitative estimate of drug-likeness (QED) is 0.722. The lowest BCUT2D eigenvalue weighted by molar-refractivity contribution is 0.427. The van der Waals surface area contributed by atoms with Crippen LogP contribution in [0, 0.1) is 4.91 Å². The minimum absolute atomic E-state index is 0.501. The molecule has 0 N–H and O–H groups in total. The second-order valence-electron chi connectivity index (χ2n) is 4.51. The van der Waals surface area contributed by atoms with E-state index in [1.165, 1.54) is 37.8 Å². The third-order valence-electron chi connectivity index (χ3n) is 3.48. The van der Waals surface area contributed by atoms with Crippen LogP contribution in [-0.4, -0.2) is 13.1 Å². The monoisotopic (exact) mass is 218 g/mol. The van der Waals surface area contributed by atoms with Crippen molar-refractivity contribution in [3.63, 3.8) is 0 Å².